The van der Waals surface area contributed by atoms with Crippen molar-refractivity contribution in [3.8, 4) is 0 Å². The van der Waals surface area contributed by atoms with Crippen LogP contribution in [0.4, 0.5) is 0 Å². The summed E-state index contributed by atoms with van der Waals surface area (Å²) in [4.78, 5) is 16.4. The molecule has 1 N–H and O–H groups in total. The fourth-order valence-electron chi connectivity index (χ4n) is 2.13. The van der Waals surface area contributed by atoms with Gasteiger partial charge < -0.3 is 4.57 Å². The predicted molar refractivity (Wildman–Crippen MR) is 93.6 cm³/mol. The first-order valence-electron chi connectivity index (χ1n) is 7.15. The number of imidazole rings is 1. The molecule has 0 fully saturated rings. The Balaban J connectivity index is 1.56. The van der Waals surface area contributed by atoms with Crippen LogP contribution in [0.1, 0.15) is 5.56 Å². The van der Waals surface area contributed by atoms with E-state index in [2.05, 4.69) is 15.5 Å². The molecule has 3 aromatic rings. The van der Waals surface area contributed by atoms with Crippen LogP contribution in [-0.2, 0) is 11.8 Å². The van der Waals surface area contributed by atoms with Crippen molar-refractivity contribution in [1.82, 2.24) is 15.0 Å². The second kappa shape index (κ2) is 7.11. The Labute approximate surface area is 138 Å². The molecule has 23 heavy (non-hydrogen) atoms. The van der Waals surface area contributed by atoms with Gasteiger partial charge >= 0.3 is 0 Å². The lowest BCUT2D eigenvalue weighted by molar-refractivity contribution is -0.118. The molecule has 0 spiro atoms. The average molecular weight is 324 g/mol. The molecular weight excluding hydrogens is 308 g/mol. The number of carbonyl (C=O) groups is 1. The van der Waals surface area contributed by atoms with Gasteiger partial charge in [-0.1, -0.05) is 54.2 Å². The summed E-state index contributed by atoms with van der Waals surface area (Å²) in [7, 11) is 1.95. The molecule has 116 valence electrons. The summed E-state index contributed by atoms with van der Waals surface area (Å²) >= 11 is 1.39. The fourth-order valence-corrected chi connectivity index (χ4v) is 2.91. The Bertz CT molecular complexity index is 842. The number of nitrogens with one attached hydrogen (secondary N) is 1. The van der Waals surface area contributed by atoms with Gasteiger partial charge in [-0.25, -0.2) is 10.4 Å². The molecular formula is C17H16N4OS. The topological polar surface area (TPSA) is 59.3 Å². The predicted octanol–water partition coefficient (Wildman–Crippen LogP) is 2.82. The number of hydrazone groups is 1. The number of hydrogen-bond acceptors (Lipinski definition) is 4. The van der Waals surface area contributed by atoms with Crippen LogP contribution < -0.4 is 5.43 Å². The van der Waals surface area contributed by atoms with Gasteiger partial charge in [0, 0.05) is 7.05 Å². The summed E-state index contributed by atoms with van der Waals surface area (Å²) in [5.41, 5.74) is 5.45. The van der Waals surface area contributed by atoms with E-state index >= 15 is 0 Å². The van der Waals surface area contributed by atoms with E-state index in [0.29, 0.717) is 0 Å². The smallest absolute Gasteiger partial charge is 0.250 e. The molecule has 0 saturated carbocycles. The van der Waals surface area contributed by atoms with Gasteiger partial charge in [-0.15, -0.1) is 0 Å². The Morgan fingerprint density at radius 3 is 2.74 bits per heavy atom. The van der Waals surface area contributed by atoms with Crippen molar-refractivity contribution in [2.24, 2.45) is 12.1 Å². The van der Waals surface area contributed by atoms with Gasteiger partial charge in [0.15, 0.2) is 5.16 Å². The third kappa shape index (κ3) is 3.78. The van der Waals surface area contributed by atoms with E-state index in [9.17, 15) is 4.79 Å². The molecule has 0 atom stereocenters. The first-order valence-corrected chi connectivity index (χ1v) is 8.14. The molecule has 0 bridgehead atoms. The maximum atomic E-state index is 11.9. The molecule has 3 rings (SSSR count). The van der Waals surface area contributed by atoms with Crippen LogP contribution in [0.5, 0.6) is 0 Å². The van der Waals surface area contributed by atoms with E-state index in [0.717, 1.165) is 21.8 Å². The number of hydrogen-bond donors (Lipinski definition) is 1. The van der Waals surface area contributed by atoms with Crippen LogP contribution in [0.15, 0.2) is 64.9 Å². The fraction of sp³-hybridized carbons (Fsp3) is 0.118. The summed E-state index contributed by atoms with van der Waals surface area (Å²) in [5.74, 6) is 0.109. The molecule has 5 nitrogen and oxygen atoms in total. The number of amides is 1. The van der Waals surface area contributed by atoms with Crippen molar-refractivity contribution < 1.29 is 4.79 Å². The minimum absolute atomic E-state index is 0.158. The van der Waals surface area contributed by atoms with Gasteiger partial charge in [0.25, 0.3) is 5.91 Å². The lowest BCUT2D eigenvalue weighted by Crippen LogP contribution is -2.19. The summed E-state index contributed by atoms with van der Waals surface area (Å²) < 4.78 is 1.99. The van der Waals surface area contributed by atoms with E-state index in [1.807, 2.05) is 66.2 Å². The van der Waals surface area contributed by atoms with Crippen LogP contribution in [0.2, 0.25) is 0 Å². The highest BCUT2D eigenvalue weighted by Gasteiger charge is 2.09. The minimum Gasteiger partial charge on any atom is -0.322 e. The second-order valence-corrected chi connectivity index (χ2v) is 5.88. The van der Waals surface area contributed by atoms with E-state index in [-0.39, 0.29) is 11.7 Å². The highest BCUT2D eigenvalue weighted by Crippen LogP contribution is 2.22. The largest absolute Gasteiger partial charge is 0.322 e. The zero-order valence-corrected chi connectivity index (χ0v) is 13.5. The van der Waals surface area contributed by atoms with E-state index in [4.69, 9.17) is 0 Å². The Morgan fingerprint density at radius 2 is 1.96 bits per heavy atom. The summed E-state index contributed by atoms with van der Waals surface area (Å²) in [6.07, 6.45) is 1.62. The quantitative estimate of drug-likeness (QED) is 0.446. The van der Waals surface area contributed by atoms with E-state index in [1.165, 1.54) is 11.8 Å². The first kappa shape index (κ1) is 15.3. The summed E-state index contributed by atoms with van der Waals surface area (Å²) in [5, 5.41) is 4.77. The van der Waals surface area contributed by atoms with Crippen LogP contribution in [0.25, 0.3) is 11.0 Å². The normalized spacial score (nSPS) is 11.2. The molecule has 6 heteroatoms. The number of aromatic nitrogens is 2. The third-order valence-corrected chi connectivity index (χ3v) is 4.31. The Kier molecular flexibility index (Phi) is 4.73. The number of para-hydroxylation sites is 2. The number of carbonyl (C=O) groups excluding carboxylic acids is 1. The number of benzene rings is 2. The molecule has 1 amide bonds. The van der Waals surface area contributed by atoms with Crippen molar-refractivity contribution in [3.05, 3.63) is 60.2 Å². The van der Waals surface area contributed by atoms with Gasteiger partial charge in [0.05, 0.1) is 23.0 Å². The van der Waals surface area contributed by atoms with Crippen molar-refractivity contribution in [2.75, 3.05) is 5.75 Å². The zero-order valence-electron chi connectivity index (χ0n) is 12.6. The Morgan fingerprint density at radius 1 is 1.22 bits per heavy atom. The van der Waals surface area contributed by atoms with Crippen LogP contribution in [-0.4, -0.2) is 27.4 Å². The first-order chi connectivity index (χ1) is 11.2. The van der Waals surface area contributed by atoms with Crippen LogP contribution in [0.3, 0.4) is 0 Å². The standard InChI is InChI=1S/C17H16N4OS/c1-21-15-10-6-5-9-14(15)19-17(21)23-12-16(22)20-18-11-13-7-3-2-4-8-13/h2-11H,12H2,1H3,(H,20,22)/b18-11-. The number of thioether (sulfide) groups is 1. The number of aryl methyl sites for hydroxylation is 1. The number of rotatable bonds is 5. The molecule has 0 aliphatic heterocycles. The summed E-state index contributed by atoms with van der Waals surface area (Å²) in [6, 6.07) is 17.5. The molecule has 0 radical (unpaired) electrons. The number of fused-ring (bicyclic) bond motifs is 1. The van der Waals surface area contributed by atoms with Gasteiger partial charge in [0.2, 0.25) is 0 Å². The SMILES string of the molecule is Cn1c(SCC(=O)N/N=C\c2ccccc2)nc2ccccc21. The van der Waals surface area contributed by atoms with E-state index in [1.54, 1.807) is 6.21 Å². The molecule has 2 aromatic carbocycles. The molecule has 1 aromatic heterocycles. The summed E-state index contributed by atoms with van der Waals surface area (Å²) in [6.45, 7) is 0. The highest BCUT2D eigenvalue weighted by molar-refractivity contribution is 7.99. The van der Waals surface area contributed by atoms with Crippen molar-refractivity contribution in [2.45, 2.75) is 5.16 Å². The van der Waals surface area contributed by atoms with Crippen molar-refractivity contribution in [3.63, 3.8) is 0 Å². The van der Waals surface area contributed by atoms with Gasteiger partial charge in [0.1, 0.15) is 0 Å². The van der Waals surface area contributed by atoms with E-state index < -0.39 is 0 Å². The van der Waals surface area contributed by atoms with Gasteiger partial charge in [-0.3, -0.25) is 4.79 Å². The van der Waals surface area contributed by atoms with Crippen LogP contribution >= 0.6 is 11.8 Å². The molecule has 0 aliphatic carbocycles. The zero-order chi connectivity index (χ0) is 16.1. The van der Waals surface area contributed by atoms with Crippen LogP contribution in [0, 0.1) is 0 Å². The third-order valence-electron chi connectivity index (χ3n) is 3.28. The maximum absolute atomic E-state index is 11.9. The monoisotopic (exact) mass is 324 g/mol. The van der Waals surface area contributed by atoms with Crippen molar-refractivity contribution >= 4 is 34.9 Å². The lowest BCUT2D eigenvalue weighted by Gasteiger charge is -2.01. The molecule has 0 unspecified atom stereocenters. The second-order valence-electron chi connectivity index (χ2n) is 4.93. The highest BCUT2D eigenvalue weighted by atomic mass is 32.2. The number of nitrogens with zero attached hydrogens (tertiary/aromatic N) is 3. The minimum atomic E-state index is -0.158. The lowest BCUT2D eigenvalue weighted by atomic mass is 10.2. The Hall–Kier alpha value is -2.60. The molecule has 0 saturated heterocycles. The molecule has 0 aliphatic rings. The molecule has 1 heterocycles. The van der Waals surface area contributed by atoms with Gasteiger partial charge in [-0.05, 0) is 17.7 Å². The average Bonchev–Trinajstić information content (AvgIpc) is 2.90. The maximum Gasteiger partial charge on any atom is 0.250 e. The van der Waals surface area contributed by atoms with Gasteiger partial charge in [-0.2, -0.15) is 5.10 Å². The van der Waals surface area contributed by atoms with Crippen molar-refractivity contribution in [1.29, 1.82) is 0 Å².